The van der Waals surface area contributed by atoms with Crippen molar-refractivity contribution in [3.05, 3.63) is 48.0 Å². The van der Waals surface area contributed by atoms with Gasteiger partial charge >= 0.3 is 0 Å². The molecule has 0 radical (unpaired) electrons. The van der Waals surface area contributed by atoms with E-state index in [9.17, 15) is 4.79 Å². The van der Waals surface area contributed by atoms with E-state index in [0.717, 1.165) is 10.9 Å². The fourth-order valence-electron chi connectivity index (χ4n) is 1.71. The number of carbonyl (C=O) groups is 1. The number of rotatable bonds is 2. The molecule has 0 aliphatic carbocycles. The Balaban J connectivity index is 2.46. The fraction of sp³-hybridized carbons (Fsp3) is 0.154. The Bertz CT molecular complexity index is 485. The summed E-state index contributed by atoms with van der Waals surface area (Å²) in [7, 11) is 1.66. The first-order valence-electron chi connectivity index (χ1n) is 4.98. The molecular formula is C13H13NO. The Morgan fingerprint density at radius 3 is 2.67 bits per heavy atom. The van der Waals surface area contributed by atoms with E-state index >= 15 is 0 Å². The van der Waals surface area contributed by atoms with Crippen molar-refractivity contribution in [2.75, 3.05) is 7.05 Å². The lowest BCUT2D eigenvalue weighted by Gasteiger charge is -2.05. The lowest BCUT2D eigenvalue weighted by Crippen LogP contribution is -2.19. The fourth-order valence-corrected chi connectivity index (χ4v) is 1.71. The monoisotopic (exact) mass is 199 g/mol. The van der Waals surface area contributed by atoms with Gasteiger partial charge in [-0.2, -0.15) is 0 Å². The van der Waals surface area contributed by atoms with E-state index in [1.807, 2.05) is 30.3 Å². The van der Waals surface area contributed by atoms with Crippen molar-refractivity contribution in [2.24, 2.45) is 0 Å². The van der Waals surface area contributed by atoms with E-state index in [2.05, 4.69) is 17.4 Å². The number of amides is 1. The molecule has 2 aromatic rings. The third-order valence-corrected chi connectivity index (χ3v) is 2.51. The normalized spacial score (nSPS) is 10.2. The number of hydrogen-bond acceptors (Lipinski definition) is 1. The zero-order valence-corrected chi connectivity index (χ0v) is 8.66. The van der Waals surface area contributed by atoms with Crippen LogP contribution in [-0.4, -0.2) is 13.0 Å². The molecule has 0 aromatic heterocycles. The van der Waals surface area contributed by atoms with Crippen molar-refractivity contribution in [2.45, 2.75) is 6.42 Å². The average Bonchev–Trinajstić information content (AvgIpc) is 2.29. The Hall–Kier alpha value is -1.83. The van der Waals surface area contributed by atoms with Gasteiger partial charge in [0.1, 0.15) is 0 Å². The maximum absolute atomic E-state index is 11.3. The average molecular weight is 199 g/mol. The first kappa shape index (κ1) is 9.71. The Morgan fingerprint density at radius 2 is 1.87 bits per heavy atom. The van der Waals surface area contributed by atoms with Crippen LogP contribution >= 0.6 is 0 Å². The molecule has 15 heavy (non-hydrogen) atoms. The van der Waals surface area contributed by atoms with Gasteiger partial charge in [-0.15, -0.1) is 0 Å². The quantitative estimate of drug-likeness (QED) is 0.788. The van der Waals surface area contributed by atoms with Crippen LogP contribution in [0, 0.1) is 0 Å². The molecule has 0 aliphatic rings. The highest BCUT2D eigenvalue weighted by atomic mass is 16.1. The van der Waals surface area contributed by atoms with Gasteiger partial charge in [-0.1, -0.05) is 42.5 Å². The molecule has 1 amide bonds. The largest absolute Gasteiger partial charge is 0.359 e. The standard InChI is InChI=1S/C13H13NO/c1-14-13(15)9-11-7-4-6-10-5-2-3-8-12(10)11/h2-8H,9H2,1H3,(H,14,15). The van der Waals surface area contributed by atoms with Gasteiger partial charge in [0.05, 0.1) is 6.42 Å². The van der Waals surface area contributed by atoms with E-state index in [-0.39, 0.29) is 5.91 Å². The molecule has 76 valence electrons. The second-order valence-corrected chi connectivity index (χ2v) is 3.49. The number of fused-ring (bicyclic) bond motifs is 1. The maximum Gasteiger partial charge on any atom is 0.224 e. The second-order valence-electron chi connectivity index (χ2n) is 3.49. The maximum atomic E-state index is 11.3. The highest BCUT2D eigenvalue weighted by molar-refractivity contribution is 5.90. The van der Waals surface area contributed by atoms with Gasteiger partial charge in [0.15, 0.2) is 0 Å². The molecule has 0 atom stereocenters. The smallest absolute Gasteiger partial charge is 0.224 e. The van der Waals surface area contributed by atoms with Crippen molar-refractivity contribution in [3.8, 4) is 0 Å². The van der Waals surface area contributed by atoms with Crippen LogP contribution in [0.1, 0.15) is 5.56 Å². The van der Waals surface area contributed by atoms with Gasteiger partial charge in [-0.05, 0) is 16.3 Å². The minimum atomic E-state index is 0.0475. The van der Waals surface area contributed by atoms with Gasteiger partial charge < -0.3 is 5.32 Å². The number of nitrogens with one attached hydrogen (secondary N) is 1. The minimum Gasteiger partial charge on any atom is -0.359 e. The molecule has 2 heteroatoms. The summed E-state index contributed by atoms with van der Waals surface area (Å²) in [4.78, 5) is 11.3. The Labute approximate surface area is 88.9 Å². The minimum absolute atomic E-state index is 0.0475. The Morgan fingerprint density at radius 1 is 1.13 bits per heavy atom. The number of likely N-dealkylation sites (N-methyl/N-ethyl adjacent to an activating group) is 1. The van der Waals surface area contributed by atoms with Gasteiger partial charge in [-0.25, -0.2) is 0 Å². The SMILES string of the molecule is CNC(=O)Cc1cccc2ccccc12. The van der Waals surface area contributed by atoms with E-state index in [0.29, 0.717) is 6.42 Å². The molecule has 0 fully saturated rings. The van der Waals surface area contributed by atoms with E-state index in [1.54, 1.807) is 7.05 Å². The summed E-state index contributed by atoms with van der Waals surface area (Å²) in [5.74, 6) is 0.0475. The topological polar surface area (TPSA) is 29.1 Å². The molecule has 0 saturated heterocycles. The van der Waals surface area contributed by atoms with Crippen LogP contribution in [0.4, 0.5) is 0 Å². The lowest BCUT2D eigenvalue weighted by atomic mass is 10.0. The van der Waals surface area contributed by atoms with Crippen molar-refractivity contribution in [3.63, 3.8) is 0 Å². The predicted octanol–water partition coefficient (Wildman–Crippen LogP) is 2.13. The van der Waals surface area contributed by atoms with Crippen LogP contribution < -0.4 is 5.32 Å². The summed E-state index contributed by atoms with van der Waals surface area (Å²) >= 11 is 0. The van der Waals surface area contributed by atoms with Gasteiger partial charge in [0.2, 0.25) is 5.91 Å². The molecular weight excluding hydrogens is 186 g/mol. The van der Waals surface area contributed by atoms with Crippen LogP contribution in [0.5, 0.6) is 0 Å². The zero-order valence-electron chi connectivity index (χ0n) is 8.66. The Kier molecular flexibility index (Phi) is 2.68. The third kappa shape index (κ3) is 1.99. The zero-order chi connectivity index (χ0) is 10.7. The number of benzene rings is 2. The molecule has 0 bridgehead atoms. The van der Waals surface area contributed by atoms with Crippen LogP contribution in [0.2, 0.25) is 0 Å². The summed E-state index contributed by atoms with van der Waals surface area (Å²) in [6, 6.07) is 14.2. The van der Waals surface area contributed by atoms with E-state index in [1.165, 1.54) is 5.39 Å². The number of carbonyl (C=O) groups excluding carboxylic acids is 1. The molecule has 0 spiro atoms. The molecule has 2 nitrogen and oxygen atoms in total. The molecule has 2 rings (SSSR count). The van der Waals surface area contributed by atoms with E-state index < -0.39 is 0 Å². The molecule has 0 unspecified atom stereocenters. The molecule has 0 heterocycles. The number of hydrogen-bond donors (Lipinski definition) is 1. The first-order chi connectivity index (χ1) is 7.31. The summed E-state index contributed by atoms with van der Waals surface area (Å²) in [5, 5.41) is 4.97. The van der Waals surface area contributed by atoms with Gasteiger partial charge in [0, 0.05) is 7.05 Å². The second kappa shape index (κ2) is 4.13. The van der Waals surface area contributed by atoms with Crippen molar-refractivity contribution in [1.82, 2.24) is 5.32 Å². The first-order valence-corrected chi connectivity index (χ1v) is 4.98. The van der Waals surface area contributed by atoms with Crippen molar-refractivity contribution >= 4 is 16.7 Å². The van der Waals surface area contributed by atoms with Crippen molar-refractivity contribution < 1.29 is 4.79 Å². The molecule has 0 saturated carbocycles. The lowest BCUT2D eigenvalue weighted by molar-refractivity contribution is -0.119. The summed E-state index contributed by atoms with van der Waals surface area (Å²) in [5.41, 5.74) is 1.08. The predicted molar refractivity (Wildman–Crippen MR) is 61.7 cm³/mol. The molecule has 2 aromatic carbocycles. The molecule has 1 N–H and O–H groups in total. The summed E-state index contributed by atoms with van der Waals surface area (Å²) in [6.45, 7) is 0. The van der Waals surface area contributed by atoms with E-state index in [4.69, 9.17) is 0 Å². The van der Waals surface area contributed by atoms with Gasteiger partial charge in [0.25, 0.3) is 0 Å². The van der Waals surface area contributed by atoms with Gasteiger partial charge in [-0.3, -0.25) is 4.79 Å². The highest BCUT2D eigenvalue weighted by Crippen LogP contribution is 2.18. The van der Waals surface area contributed by atoms with Crippen molar-refractivity contribution in [1.29, 1.82) is 0 Å². The summed E-state index contributed by atoms with van der Waals surface area (Å²) in [6.07, 6.45) is 0.442. The third-order valence-electron chi connectivity index (χ3n) is 2.51. The van der Waals surface area contributed by atoms with Crippen LogP contribution in [0.3, 0.4) is 0 Å². The van der Waals surface area contributed by atoms with Crippen LogP contribution in [0.25, 0.3) is 10.8 Å². The highest BCUT2D eigenvalue weighted by Gasteiger charge is 2.04. The molecule has 0 aliphatic heterocycles. The van der Waals surface area contributed by atoms with Crippen LogP contribution in [-0.2, 0) is 11.2 Å². The summed E-state index contributed by atoms with van der Waals surface area (Å²) < 4.78 is 0. The van der Waals surface area contributed by atoms with Crippen LogP contribution in [0.15, 0.2) is 42.5 Å².